The summed E-state index contributed by atoms with van der Waals surface area (Å²) in [6.45, 7) is 6.25. The van der Waals surface area contributed by atoms with Gasteiger partial charge in [-0.1, -0.05) is 6.07 Å². The fourth-order valence-corrected chi connectivity index (χ4v) is 1.75. The van der Waals surface area contributed by atoms with E-state index < -0.39 is 5.60 Å². The van der Waals surface area contributed by atoms with Crippen LogP contribution in [0.25, 0.3) is 5.65 Å². The van der Waals surface area contributed by atoms with E-state index in [0.717, 1.165) is 11.2 Å². The van der Waals surface area contributed by atoms with Crippen molar-refractivity contribution in [3.63, 3.8) is 0 Å². The molecule has 0 aliphatic rings. The van der Waals surface area contributed by atoms with E-state index >= 15 is 0 Å². The zero-order valence-electron chi connectivity index (χ0n) is 12.0. The summed E-state index contributed by atoms with van der Waals surface area (Å²) in [6.07, 6.45) is 3.57. The first-order valence-electron chi connectivity index (χ1n) is 6.52. The van der Waals surface area contributed by atoms with Crippen LogP contribution in [0.1, 0.15) is 32.8 Å². The lowest BCUT2D eigenvalue weighted by atomic mass is 10.2. The van der Waals surface area contributed by atoms with Gasteiger partial charge in [0.2, 0.25) is 0 Å². The van der Waals surface area contributed by atoms with Gasteiger partial charge in [-0.25, -0.2) is 9.50 Å². The maximum absolute atomic E-state index is 11.5. The number of rotatable bonds is 5. The van der Waals surface area contributed by atoms with Crippen LogP contribution in [0.5, 0.6) is 0 Å². The molecule has 0 spiro atoms. The molecule has 2 rings (SSSR count). The van der Waals surface area contributed by atoms with E-state index in [1.807, 2.05) is 39.1 Å². The van der Waals surface area contributed by atoms with E-state index in [1.165, 1.54) is 6.33 Å². The molecule has 0 fully saturated rings. The van der Waals surface area contributed by atoms with Crippen molar-refractivity contribution in [1.82, 2.24) is 14.6 Å². The molecule has 20 heavy (non-hydrogen) atoms. The Morgan fingerprint density at radius 1 is 1.40 bits per heavy atom. The monoisotopic (exact) mass is 277 g/mol. The normalized spacial score (nSPS) is 11.8. The smallest absolute Gasteiger partial charge is 0.308 e. The summed E-state index contributed by atoms with van der Waals surface area (Å²) < 4.78 is 12.4. The lowest BCUT2D eigenvalue weighted by Gasteiger charge is -2.19. The van der Waals surface area contributed by atoms with Gasteiger partial charge in [-0.2, -0.15) is 5.10 Å². The fraction of sp³-hybridized carbons (Fsp3) is 0.500. The summed E-state index contributed by atoms with van der Waals surface area (Å²) in [5.74, 6) is -0.252. The Hall–Kier alpha value is -1.95. The average Bonchev–Trinajstić information content (AvgIpc) is 2.81. The van der Waals surface area contributed by atoms with Gasteiger partial charge in [0.25, 0.3) is 0 Å². The Morgan fingerprint density at radius 2 is 2.20 bits per heavy atom. The quantitative estimate of drug-likeness (QED) is 0.617. The number of carbonyl (C=O) groups excluding carboxylic acids is 1. The molecule has 2 heterocycles. The Labute approximate surface area is 117 Å². The molecule has 0 unspecified atom stereocenters. The van der Waals surface area contributed by atoms with E-state index in [0.29, 0.717) is 13.2 Å². The lowest BCUT2D eigenvalue weighted by molar-refractivity contribution is -0.156. The van der Waals surface area contributed by atoms with Crippen LogP contribution in [0.3, 0.4) is 0 Å². The molecule has 108 valence electrons. The predicted molar refractivity (Wildman–Crippen MR) is 73.1 cm³/mol. The third-order valence-electron chi connectivity index (χ3n) is 2.51. The second kappa shape index (κ2) is 6.00. The molecule has 2 aromatic rings. The first-order valence-corrected chi connectivity index (χ1v) is 6.52. The number of carbonyl (C=O) groups is 1. The molecule has 0 saturated heterocycles. The second-order valence-corrected chi connectivity index (χ2v) is 5.45. The van der Waals surface area contributed by atoms with Crippen LogP contribution in [0.15, 0.2) is 24.7 Å². The van der Waals surface area contributed by atoms with Gasteiger partial charge in [-0.15, -0.1) is 0 Å². The van der Waals surface area contributed by atoms with E-state index in [1.54, 1.807) is 4.52 Å². The van der Waals surface area contributed by atoms with E-state index in [4.69, 9.17) is 9.47 Å². The average molecular weight is 277 g/mol. The van der Waals surface area contributed by atoms with E-state index in [2.05, 4.69) is 10.1 Å². The molecule has 0 aliphatic heterocycles. The Balaban J connectivity index is 1.79. The van der Waals surface area contributed by atoms with Crippen molar-refractivity contribution in [3.05, 3.63) is 30.2 Å². The highest BCUT2D eigenvalue weighted by Gasteiger charge is 2.15. The van der Waals surface area contributed by atoms with Gasteiger partial charge in [0, 0.05) is 11.8 Å². The summed E-state index contributed by atoms with van der Waals surface area (Å²) in [7, 11) is 0. The lowest BCUT2D eigenvalue weighted by Crippen LogP contribution is -2.24. The maximum atomic E-state index is 11.5. The highest BCUT2D eigenvalue weighted by molar-refractivity contribution is 5.69. The number of hydrogen-bond donors (Lipinski definition) is 0. The van der Waals surface area contributed by atoms with E-state index in [9.17, 15) is 4.79 Å². The summed E-state index contributed by atoms with van der Waals surface area (Å²) in [5.41, 5.74) is 1.25. The number of ether oxygens (including phenoxy) is 2. The Kier molecular flexibility index (Phi) is 4.34. The topological polar surface area (TPSA) is 65.7 Å². The highest BCUT2D eigenvalue weighted by atomic mass is 16.6. The van der Waals surface area contributed by atoms with E-state index in [-0.39, 0.29) is 12.4 Å². The summed E-state index contributed by atoms with van der Waals surface area (Å²) in [5, 5.41) is 4.05. The fourth-order valence-electron chi connectivity index (χ4n) is 1.75. The molecule has 6 nitrogen and oxygen atoms in total. The minimum atomic E-state index is -0.454. The van der Waals surface area contributed by atoms with Gasteiger partial charge in [-0.05, 0) is 26.8 Å². The molecule has 0 N–H and O–H groups in total. The standard InChI is InChI=1S/C14H19N3O3/c1-14(2,3)20-12(18)6-8-19-9-11-5-4-7-17-13(11)15-10-16-17/h4-5,7,10H,6,8-9H2,1-3H3. The van der Waals surface area contributed by atoms with Crippen molar-refractivity contribution in [3.8, 4) is 0 Å². The second-order valence-electron chi connectivity index (χ2n) is 5.45. The Morgan fingerprint density at radius 3 is 2.95 bits per heavy atom. The van der Waals surface area contributed by atoms with Crippen molar-refractivity contribution in [2.75, 3.05) is 6.61 Å². The number of nitrogens with zero attached hydrogens (tertiary/aromatic N) is 3. The zero-order chi connectivity index (χ0) is 14.6. The van der Waals surface area contributed by atoms with Crippen molar-refractivity contribution < 1.29 is 14.3 Å². The Bertz CT molecular complexity index is 587. The van der Waals surface area contributed by atoms with Crippen LogP contribution in [0.2, 0.25) is 0 Å². The minimum absolute atomic E-state index is 0.243. The van der Waals surface area contributed by atoms with Crippen LogP contribution < -0.4 is 0 Å². The summed E-state index contributed by atoms with van der Waals surface area (Å²) >= 11 is 0. The van der Waals surface area contributed by atoms with Gasteiger partial charge in [-0.3, -0.25) is 4.79 Å². The van der Waals surface area contributed by atoms with Crippen LogP contribution >= 0.6 is 0 Å². The third kappa shape index (κ3) is 4.03. The maximum Gasteiger partial charge on any atom is 0.308 e. The van der Waals surface area contributed by atoms with Gasteiger partial charge in [0.05, 0.1) is 19.6 Å². The first-order chi connectivity index (χ1) is 9.46. The molecule has 0 saturated carbocycles. The predicted octanol–water partition coefficient (Wildman–Crippen LogP) is 1.98. The molecule has 0 atom stereocenters. The van der Waals surface area contributed by atoms with Crippen LogP contribution in [0.4, 0.5) is 0 Å². The number of hydrogen-bond acceptors (Lipinski definition) is 5. The zero-order valence-corrected chi connectivity index (χ0v) is 12.0. The van der Waals surface area contributed by atoms with Gasteiger partial charge in [0.15, 0.2) is 5.65 Å². The molecule has 6 heteroatoms. The minimum Gasteiger partial charge on any atom is -0.460 e. The van der Waals surface area contributed by atoms with Crippen molar-refractivity contribution in [2.24, 2.45) is 0 Å². The largest absolute Gasteiger partial charge is 0.460 e. The van der Waals surface area contributed by atoms with Crippen molar-refractivity contribution in [2.45, 2.75) is 39.4 Å². The van der Waals surface area contributed by atoms with Crippen LogP contribution in [0, 0.1) is 0 Å². The van der Waals surface area contributed by atoms with Crippen LogP contribution in [-0.4, -0.2) is 32.8 Å². The molecule has 0 bridgehead atoms. The SMILES string of the molecule is CC(C)(C)OC(=O)CCOCc1cccn2ncnc12. The van der Waals surface area contributed by atoms with Crippen molar-refractivity contribution in [1.29, 1.82) is 0 Å². The molecule has 0 aliphatic carbocycles. The first kappa shape index (κ1) is 14.5. The number of esters is 1. The number of pyridine rings is 1. The summed E-state index contributed by atoms with van der Waals surface area (Å²) in [4.78, 5) is 15.7. The molecular formula is C14H19N3O3. The molecule has 2 aromatic heterocycles. The molecule has 0 radical (unpaired) electrons. The highest BCUT2D eigenvalue weighted by Crippen LogP contribution is 2.10. The van der Waals surface area contributed by atoms with Gasteiger partial charge in [0.1, 0.15) is 11.9 Å². The van der Waals surface area contributed by atoms with Crippen LogP contribution in [-0.2, 0) is 20.9 Å². The number of aromatic nitrogens is 3. The van der Waals surface area contributed by atoms with Gasteiger partial charge >= 0.3 is 5.97 Å². The summed E-state index contributed by atoms with van der Waals surface area (Å²) in [6, 6.07) is 3.81. The molecular weight excluding hydrogens is 258 g/mol. The third-order valence-corrected chi connectivity index (χ3v) is 2.51. The van der Waals surface area contributed by atoms with Gasteiger partial charge < -0.3 is 9.47 Å². The van der Waals surface area contributed by atoms with Crippen molar-refractivity contribution >= 4 is 11.6 Å². The molecule has 0 amide bonds. The molecule has 0 aromatic carbocycles. The number of fused-ring (bicyclic) bond motifs is 1.